The first-order valence-corrected chi connectivity index (χ1v) is 5.36. The SMILES string of the molecule is [N-]=[N+]=NCC(O)C(O)c1ccc(OCC(F)(F)F)nc1. The first-order chi connectivity index (χ1) is 9.33. The highest BCUT2D eigenvalue weighted by Gasteiger charge is 2.28. The van der Waals surface area contributed by atoms with E-state index in [9.17, 15) is 23.4 Å². The molecule has 10 heteroatoms. The fraction of sp³-hybridized carbons (Fsp3) is 0.500. The van der Waals surface area contributed by atoms with Crippen LogP contribution in [0.2, 0.25) is 0 Å². The van der Waals surface area contributed by atoms with E-state index in [2.05, 4.69) is 19.7 Å². The molecule has 0 aliphatic carbocycles. The Morgan fingerprint density at radius 1 is 1.40 bits per heavy atom. The number of hydrogen-bond acceptors (Lipinski definition) is 5. The molecule has 0 aliphatic rings. The van der Waals surface area contributed by atoms with Gasteiger partial charge in [0.15, 0.2) is 6.61 Å². The summed E-state index contributed by atoms with van der Waals surface area (Å²) in [6.07, 6.45) is -6.11. The van der Waals surface area contributed by atoms with Gasteiger partial charge < -0.3 is 14.9 Å². The largest absolute Gasteiger partial charge is 0.468 e. The molecule has 0 spiro atoms. The molecule has 0 fully saturated rings. The average Bonchev–Trinajstić information content (AvgIpc) is 2.41. The summed E-state index contributed by atoms with van der Waals surface area (Å²) in [5.41, 5.74) is 8.23. The lowest BCUT2D eigenvalue weighted by molar-refractivity contribution is -0.154. The smallest absolute Gasteiger partial charge is 0.422 e. The molecule has 1 aromatic heterocycles. The normalized spacial score (nSPS) is 14.2. The molecular weight excluding hydrogens is 281 g/mol. The minimum absolute atomic E-state index is 0.157. The van der Waals surface area contributed by atoms with Gasteiger partial charge in [-0.3, -0.25) is 0 Å². The van der Waals surface area contributed by atoms with E-state index in [1.165, 1.54) is 6.07 Å². The van der Waals surface area contributed by atoms with Crippen LogP contribution in [0.4, 0.5) is 13.2 Å². The van der Waals surface area contributed by atoms with E-state index in [1.54, 1.807) is 0 Å². The van der Waals surface area contributed by atoms with Crippen molar-refractivity contribution < 1.29 is 28.1 Å². The first-order valence-electron chi connectivity index (χ1n) is 5.36. The molecule has 1 aromatic rings. The molecule has 2 atom stereocenters. The molecule has 0 saturated carbocycles. The molecule has 0 aliphatic heterocycles. The molecule has 20 heavy (non-hydrogen) atoms. The minimum Gasteiger partial charge on any atom is -0.468 e. The number of aromatic nitrogens is 1. The zero-order valence-electron chi connectivity index (χ0n) is 10.0. The number of alkyl halides is 3. The van der Waals surface area contributed by atoms with Crippen molar-refractivity contribution >= 4 is 0 Å². The second kappa shape index (κ2) is 6.94. The number of nitrogens with zero attached hydrogens (tertiary/aromatic N) is 4. The van der Waals surface area contributed by atoms with E-state index in [0.29, 0.717) is 0 Å². The Labute approximate surface area is 111 Å². The Kier molecular flexibility index (Phi) is 5.56. The van der Waals surface area contributed by atoms with Gasteiger partial charge >= 0.3 is 6.18 Å². The van der Waals surface area contributed by atoms with Crippen molar-refractivity contribution in [3.8, 4) is 5.88 Å². The second-order valence-electron chi connectivity index (χ2n) is 3.76. The number of azide groups is 1. The van der Waals surface area contributed by atoms with Crippen molar-refractivity contribution in [1.29, 1.82) is 0 Å². The minimum atomic E-state index is -4.47. The topological polar surface area (TPSA) is 111 Å². The predicted octanol–water partition coefficient (Wildman–Crippen LogP) is 1.73. The summed E-state index contributed by atoms with van der Waals surface area (Å²) in [6, 6.07) is 2.38. The Morgan fingerprint density at radius 2 is 2.10 bits per heavy atom. The maximum Gasteiger partial charge on any atom is 0.422 e. The number of rotatable bonds is 6. The second-order valence-corrected chi connectivity index (χ2v) is 3.76. The van der Waals surface area contributed by atoms with Gasteiger partial charge in [-0.2, -0.15) is 13.2 Å². The molecule has 0 saturated heterocycles. The Morgan fingerprint density at radius 3 is 2.60 bits per heavy atom. The maximum absolute atomic E-state index is 11.9. The van der Waals surface area contributed by atoms with Crippen LogP contribution in [0.5, 0.6) is 5.88 Å². The lowest BCUT2D eigenvalue weighted by Gasteiger charge is -2.16. The molecule has 110 valence electrons. The van der Waals surface area contributed by atoms with Crippen LogP contribution >= 0.6 is 0 Å². The van der Waals surface area contributed by atoms with Gasteiger partial charge in [-0.1, -0.05) is 5.11 Å². The highest BCUT2D eigenvalue weighted by atomic mass is 19.4. The first kappa shape index (κ1) is 16.0. The quantitative estimate of drug-likeness (QED) is 0.472. The molecule has 0 aromatic carbocycles. The van der Waals surface area contributed by atoms with Crippen LogP contribution in [-0.2, 0) is 0 Å². The molecule has 0 radical (unpaired) electrons. The zero-order valence-corrected chi connectivity index (χ0v) is 10.0. The summed E-state index contributed by atoms with van der Waals surface area (Å²) < 4.78 is 40.1. The lowest BCUT2D eigenvalue weighted by atomic mass is 10.1. The van der Waals surface area contributed by atoms with Gasteiger partial charge in [0.2, 0.25) is 5.88 Å². The Balaban J connectivity index is 2.63. The van der Waals surface area contributed by atoms with Gasteiger partial charge in [0, 0.05) is 22.7 Å². The van der Waals surface area contributed by atoms with Crippen LogP contribution in [0.15, 0.2) is 23.4 Å². The van der Waals surface area contributed by atoms with Gasteiger partial charge in [0.1, 0.15) is 6.10 Å². The van der Waals surface area contributed by atoms with E-state index >= 15 is 0 Å². The van der Waals surface area contributed by atoms with Gasteiger partial charge in [-0.05, 0) is 11.6 Å². The molecule has 2 N–H and O–H groups in total. The lowest BCUT2D eigenvalue weighted by Crippen LogP contribution is -2.21. The molecule has 7 nitrogen and oxygen atoms in total. The van der Waals surface area contributed by atoms with E-state index in [4.69, 9.17) is 5.53 Å². The summed E-state index contributed by atoms with van der Waals surface area (Å²) in [4.78, 5) is 5.99. The highest BCUT2D eigenvalue weighted by molar-refractivity contribution is 5.20. The highest BCUT2D eigenvalue weighted by Crippen LogP contribution is 2.20. The number of hydrogen-bond donors (Lipinski definition) is 2. The number of aliphatic hydroxyl groups excluding tert-OH is 2. The maximum atomic E-state index is 11.9. The van der Waals surface area contributed by atoms with Crippen LogP contribution in [0.25, 0.3) is 10.4 Å². The van der Waals surface area contributed by atoms with E-state index in [1.807, 2.05) is 0 Å². The molecule has 1 heterocycles. The predicted molar refractivity (Wildman–Crippen MR) is 60.8 cm³/mol. The number of halogens is 3. The number of pyridine rings is 1. The Bertz CT molecular complexity index is 474. The Hall–Kier alpha value is -2.03. The molecule has 2 unspecified atom stereocenters. The van der Waals surface area contributed by atoms with Gasteiger partial charge in [-0.25, -0.2) is 4.98 Å². The third-order valence-electron chi connectivity index (χ3n) is 2.18. The van der Waals surface area contributed by atoms with E-state index in [-0.39, 0.29) is 18.0 Å². The van der Waals surface area contributed by atoms with Crippen molar-refractivity contribution in [2.24, 2.45) is 5.11 Å². The van der Waals surface area contributed by atoms with Crippen LogP contribution in [0, 0.1) is 0 Å². The number of aliphatic hydroxyl groups is 2. The molecule has 0 amide bonds. The summed E-state index contributed by atoms with van der Waals surface area (Å²) in [5, 5.41) is 22.2. The molecule has 0 bridgehead atoms. The van der Waals surface area contributed by atoms with Crippen molar-refractivity contribution in [3.05, 3.63) is 34.3 Å². The zero-order chi connectivity index (χ0) is 15.2. The molecule has 1 rings (SSSR count). The van der Waals surface area contributed by atoms with E-state index in [0.717, 1.165) is 12.3 Å². The average molecular weight is 292 g/mol. The van der Waals surface area contributed by atoms with Gasteiger partial charge in [0.25, 0.3) is 0 Å². The van der Waals surface area contributed by atoms with Crippen molar-refractivity contribution in [2.75, 3.05) is 13.2 Å². The van der Waals surface area contributed by atoms with Crippen LogP contribution < -0.4 is 4.74 Å². The fourth-order valence-corrected chi connectivity index (χ4v) is 1.25. The van der Waals surface area contributed by atoms with E-state index < -0.39 is 25.0 Å². The fourth-order valence-electron chi connectivity index (χ4n) is 1.25. The standard InChI is InChI=1S/C10H11F3N4O3/c11-10(12,13)5-20-8-2-1-6(3-15-8)9(19)7(18)4-16-17-14/h1-3,7,9,18-19H,4-5H2. The van der Waals surface area contributed by atoms with Crippen LogP contribution in [0.3, 0.4) is 0 Å². The third-order valence-corrected chi connectivity index (χ3v) is 2.18. The molecular formula is C10H11F3N4O3. The summed E-state index contributed by atoms with van der Waals surface area (Å²) in [5.74, 6) is -0.261. The summed E-state index contributed by atoms with van der Waals surface area (Å²) >= 11 is 0. The van der Waals surface area contributed by atoms with Crippen LogP contribution in [-0.4, -0.2) is 40.6 Å². The van der Waals surface area contributed by atoms with Crippen molar-refractivity contribution in [3.63, 3.8) is 0 Å². The van der Waals surface area contributed by atoms with Crippen LogP contribution in [0.1, 0.15) is 11.7 Å². The summed E-state index contributed by atoms with van der Waals surface area (Å²) in [7, 11) is 0. The third kappa shape index (κ3) is 5.31. The van der Waals surface area contributed by atoms with Gasteiger partial charge in [-0.15, -0.1) is 0 Å². The van der Waals surface area contributed by atoms with Gasteiger partial charge in [0.05, 0.1) is 12.6 Å². The van der Waals surface area contributed by atoms with Crippen molar-refractivity contribution in [2.45, 2.75) is 18.4 Å². The number of ether oxygens (including phenoxy) is 1. The monoisotopic (exact) mass is 292 g/mol. The summed E-state index contributed by atoms with van der Waals surface area (Å²) in [6.45, 7) is -1.81. The van der Waals surface area contributed by atoms with Crippen molar-refractivity contribution in [1.82, 2.24) is 4.98 Å².